The summed E-state index contributed by atoms with van der Waals surface area (Å²) in [6.45, 7) is 3.12. The number of hydrogen-bond donors (Lipinski definition) is 2. The molecular formula is C21H27N3O2S2. The fourth-order valence-corrected chi connectivity index (χ4v) is 3.78. The standard InChI is InChI=1S/C21H27N3O2S2/c1-3-4-5-6-7-12-22-21(27)24(2)19-13-17(15-28-19)16-8-9-18(23-14-16)10-11-20(25)26/h8-11,13-15H,3-7,12H2,1-2H3,(H,22,27)(H,25,26)/b11-10+. The Labute approximate surface area is 176 Å². The highest BCUT2D eigenvalue weighted by molar-refractivity contribution is 7.80. The van der Waals surface area contributed by atoms with Gasteiger partial charge in [0, 0.05) is 36.8 Å². The first-order chi connectivity index (χ1) is 13.5. The van der Waals surface area contributed by atoms with E-state index >= 15 is 0 Å². The van der Waals surface area contributed by atoms with Gasteiger partial charge in [-0.15, -0.1) is 11.3 Å². The zero-order valence-corrected chi connectivity index (χ0v) is 18.0. The Morgan fingerprint density at radius 3 is 2.75 bits per heavy atom. The van der Waals surface area contributed by atoms with E-state index < -0.39 is 5.97 Å². The van der Waals surface area contributed by atoms with E-state index in [0.717, 1.165) is 40.3 Å². The summed E-state index contributed by atoms with van der Waals surface area (Å²) in [6, 6.07) is 5.83. The van der Waals surface area contributed by atoms with E-state index in [2.05, 4.69) is 28.7 Å². The molecule has 2 heterocycles. The molecule has 0 unspecified atom stereocenters. The molecular weight excluding hydrogens is 390 g/mol. The lowest BCUT2D eigenvalue weighted by Crippen LogP contribution is -2.37. The first kappa shape index (κ1) is 22.0. The summed E-state index contributed by atoms with van der Waals surface area (Å²) in [5, 5.41) is 15.9. The number of thiocarbonyl (C=S) groups is 1. The molecule has 0 saturated heterocycles. The van der Waals surface area contributed by atoms with E-state index in [1.807, 2.05) is 18.0 Å². The van der Waals surface area contributed by atoms with Crippen molar-refractivity contribution in [3.05, 3.63) is 41.5 Å². The molecule has 2 rings (SSSR count). The van der Waals surface area contributed by atoms with Gasteiger partial charge in [0.25, 0.3) is 0 Å². The van der Waals surface area contributed by atoms with E-state index in [1.54, 1.807) is 23.6 Å². The first-order valence-corrected chi connectivity index (χ1v) is 10.8. The number of carbonyl (C=O) groups is 1. The third-order valence-electron chi connectivity index (χ3n) is 4.29. The van der Waals surface area contributed by atoms with Crippen LogP contribution in [0.4, 0.5) is 5.00 Å². The highest BCUT2D eigenvalue weighted by Gasteiger charge is 2.10. The van der Waals surface area contributed by atoms with Gasteiger partial charge in [-0.3, -0.25) is 4.98 Å². The zero-order valence-electron chi connectivity index (χ0n) is 16.4. The van der Waals surface area contributed by atoms with Crippen LogP contribution < -0.4 is 10.2 Å². The van der Waals surface area contributed by atoms with Crippen molar-refractivity contribution >= 4 is 45.7 Å². The van der Waals surface area contributed by atoms with Gasteiger partial charge < -0.3 is 15.3 Å². The molecule has 0 aliphatic rings. The average Bonchev–Trinajstić information content (AvgIpc) is 3.18. The predicted octanol–water partition coefficient (Wildman–Crippen LogP) is 5.19. The van der Waals surface area contributed by atoms with Crippen molar-refractivity contribution in [1.29, 1.82) is 0 Å². The van der Waals surface area contributed by atoms with Gasteiger partial charge in [-0.05, 0) is 42.4 Å². The number of thiophene rings is 1. The molecule has 150 valence electrons. The number of nitrogens with one attached hydrogen (secondary N) is 1. The normalized spacial score (nSPS) is 10.9. The summed E-state index contributed by atoms with van der Waals surface area (Å²) in [4.78, 5) is 16.9. The first-order valence-electron chi connectivity index (χ1n) is 9.48. The Morgan fingerprint density at radius 1 is 1.29 bits per heavy atom. The number of aromatic nitrogens is 1. The molecule has 2 aromatic heterocycles. The number of unbranched alkanes of at least 4 members (excludes halogenated alkanes) is 4. The van der Waals surface area contributed by atoms with Crippen LogP contribution in [0.3, 0.4) is 0 Å². The minimum Gasteiger partial charge on any atom is -0.478 e. The van der Waals surface area contributed by atoms with Crippen LogP contribution >= 0.6 is 23.6 Å². The maximum Gasteiger partial charge on any atom is 0.328 e. The second kappa shape index (κ2) is 11.6. The molecule has 0 amide bonds. The van der Waals surface area contributed by atoms with Crippen LogP contribution in [0.25, 0.3) is 17.2 Å². The van der Waals surface area contributed by atoms with Gasteiger partial charge in [0.1, 0.15) is 0 Å². The molecule has 0 saturated carbocycles. The number of carboxylic acids is 1. The molecule has 0 radical (unpaired) electrons. The third-order valence-corrected chi connectivity index (χ3v) is 5.72. The summed E-state index contributed by atoms with van der Waals surface area (Å²) in [5.74, 6) is -0.984. The van der Waals surface area contributed by atoms with Gasteiger partial charge in [0.2, 0.25) is 0 Å². The van der Waals surface area contributed by atoms with Crippen molar-refractivity contribution in [1.82, 2.24) is 10.3 Å². The fourth-order valence-electron chi connectivity index (χ4n) is 2.63. The summed E-state index contributed by atoms with van der Waals surface area (Å²) in [7, 11) is 1.97. The molecule has 2 aromatic rings. The van der Waals surface area contributed by atoms with Gasteiger partial charge in [-0.25, -0.2) is 4.79 Å². The molecule has 0 fully saturated rings. The minimum atomic E-state index is -0.984. The lowest BCUT2D eigenvalue weighted by molar-refractivity contribution is -0.131. The van der Waals surface area contributed by atoms with Crippen molar-refractivity contribution < 1.29 is 9.90 Å². The molecule has 0 atom stereocenters. The van der Waals surface area contributed by atoms with E-state index in [9.17, 15) is 4.79 Å². The van der Waals surface area contributed by atoms with Crippen LogP contribution in [0.5, 0.6) is 0 Å². The van der Waals surface area contributed by atoms with Gasteiger partial charge >= 0.3 is 5.97 Å². The highest BCUT2D eigenvalue weighted by Crippen LogP contribution is 2.31. The summed E-state index contributed by atoms with van der Waals surface area (Å²) in [5.41, 5.74) is 2.66. The van der Waals surface area contributed by atoms with Crippen LogP contribution in [0.1, 0.15) is 44.7 Å². The van der Waals surface area contributed by atoms with E-state index in [0.29, 0.717) is 5.69 Å². The maximum absolute atomic E-state index is 10.6. The van der Waals surface area contributed by atoms with Crippen molar-refractivity contribution in [2.45, 2.75) is 39.0 Å². The molecule has 0 bridgehead atoms. The van der Waals surface area contributed by atoms with Gasteiger partial charge in [-0.2, -0.15) is 0 Å². The largest absolute Gasteiger partial charge is 0.478 e. The number of nitrogens with zero attached hydrogens (tertiary/aromatic N) is 2. The number of anilines is 1. The summed E-state index contributed by atoms with van der Waals surface area (Å²) >= 11 is 7.13. The van der Waals surface area contributed by atoms with Gasteiger partial charge in [-0.1, -0.05) is 38.7 Å². The number of aliphatic carboxylic acids is 1. The SMILES string of the molecule is CCCCCCCNC(=S)N(C)c1cc(-c2ccc(/C=C/C(=O)O)nc2)cs1. The lowest BCUT2D eigenvalue weighted by atomic mass is 10.1. The Hall–Kier alpha value is -2.25. The summed E-state index contributed by atoms with van der Waals surface area (Å²) < 4.78 is 0. The lowest BCUT2D eigenvalue weighted by Gasteiger charge is -2.19. The van der Waals surface area contributed by atoms with E-state index in [-0.39, 0.29) is 0 Å². The third kappa shape index (κ3) is 7.05. The molecule has 0 aliphatic heterocycles. The topological polar surface area (TPSA) is 65.5 Å². The number of carboxylic acid groups (broad SMARTS) is 1. The Bertz CT molecular complexity index is 800. The maximum atomic E-state index is 10.6. The van der Waals surface area contributed by atoms with Gasteiger partial charge in [0.15, 0.2) is 5.11 Å². The predicted molar refractivity (Wildman–Crippen MR) is 122 cm³/mol. The van der Waals surface area contributed by atoms with Crippen molar-refractivity contribution in [2.75, 3.05) is 18.5 Å². The number of pyridine rings is 1. The Balaban J connectivity index is 1.90. The van der Waals surface area contributed by atoms with Crippen LogP contribution in [0.2, 0.25) is 0 Å². The van der Waals surface area contributed by atoms with E-state index in [1.165, 1.54) is 31.8 Å². The fraction of sp³-hybridized carbons (Fsp3) is 0.381. The number of rotatable bonds is 10. The monoisotopic (exact) mass is 417 g/mol. The second-order valence-corrected chi connectivity index (χ2v) is 7.80. The zero-order chi connectivity index (χ0) is 20.4. The molecule has 0 spiro atoms. The summed E-state index contributed by atoms with van der Waals surface area (Å²) in [6.07, 6.45) is 10.5. The molecule has 0 aliphatic carbocycles. The quantitative estimate of drug-likeness (QED) is 0.315. The smallest absolute Gasteiger partial charge is 0.328 e. The van der Waals surface area contributed by atoms with Crippen LogP contribution in [0, 0.1) is 0 Å². The Morgan fingerprint density at radius 2 is 2.07 bits per heavy atom. The molecule has 0 aromatic carbocycles. The van der Waals surface area contributed by atoms with Crippen LogP contribution in [-0.2, 0) is 4.79 Å². The van der Waals surface area contributed by atoms with E-state index in [4.69, 9.17) is 17.3 Å². The molecule has 5 nitrogen and oxygen atoms in total. The highest BCUT2D eigenvalue weighted by atomic mass is 32.1. The second-order valence-electron chi connectivity index (χ2n) is 6.52. The number of hydrogen-bond acceptors (Lipinski definition) is 4. The minimum absolute atomic E-state index is 0.614. The van der Waals surface area contributed by atoms with Crippen molar-refractivity contribution in [2.24, 2.45) is 0 Å². The van der Waals surface area contributed by atoms with Crippen molar-refractivity contribution in [3.63, 3.8) is 0 Å². The van der Waals surface area contributed by atoms with Gasteiger partial charge in [0.05, 0.1) is 10.7 Å². The molecule has 28 heavy (non-hydrogen) atoms. The van der Waals surface area contributed by atoms with Crippen LogP contribution in [0.15, 0.2) is 35.9 Å². The van der Waals surface area contributed by atoms with Crippen LogP contribution in [-0.4, -0.2) is 34.8 Å². The molecule has 7 heteroatoms. The molecule has 2 N–H and O–H groups in total. The van der Waals surface area contributed by atoms with Crippen molar-refractivity contribution in [3.8, 4) is 11.1 Å². The Kier molecular flexibility index (Phi) is 9.10. The average molecular weight is 418 g/mol.